The molecule has 1 heterocycles. The Hall–Kier alpha value is -3.85. The SMILES string of the molecule is CC(C(=O)O)C(=O)Nc1ccc(-c2nc(CC(NC(=O)OC(C)(C)C)c3ccccc3)[nH]c2Cl)cc1. The summed E-state index contributed by atoms with van der Waals surface area (Å²) < 4.78 is 5.42. The molecule has 2 atom stereocenters. The van der Waals surface area contributed by atoms with Gasteiger partial charge in [0.1, 0.15) is 28.2 Å². The van der Waals surface area contributed by atoms with Crippen molar-refractivity contribution in [2.24, 2.45) is 5.92 Å². The summed E-state index contributed by atoms with van der Waals surface area (Å²) in [6, 6.07) is 15.8. The number of carboxylic acid groups (broad SMARTS) is 1. The molecule has 190 valence electrons. The molecule has 10 heteroatoms. The molecule has 2 amide bonds. The van der Waals surface area contributed by atoms with Gasteiger partial charge in [-0.2, -0.15) is 0 Å². The highest BCUT2D eigenvalue weighted by Gasteiger charge is 2.23. The summed E-state index contributed by atoms with van der Waals surface area (Å²) in [6.45, 7) is 6.71. The van der Waals surface area contributed by atoms with Crippen LogP contribution in [0.4, 0.5) is 10.5 Å². The number of ether oxygens (including phenoxy) is 1. The fourth-order valence-corrected chi connectivity index (χ4v) is 3.60. The maximum absolute atomic E-state index is 12.5. The fraction of sp³-hybridized carbons (Fsp3) is 0.308. The predicted molar refractivity (Wildman–Crippen MR) is 137 cm³/mol. The van der Waals surface area contributed by atoms with Gasteiger partial charge >= 0.3 is 12.1 Å². The van der Waals surface area contributed by atoms with Crippen LogP contribution in [0.1, 0.15) is 45.1 Å². The molecule has 2 unspecified atom stereocenters. The Morgan fingerprint density at radius 1 is 1.08 bits per heavy atom. The molecule has 0 fully saturated rings. The second-order valence-electron chi connectivity index (χ2n) is 9.29. The summed E-state index contributed by atoms with van der Waals surface area (Å²) >= 11 is 6.44. The normalized spacial score (nSPS) is 12.9. The van der Waals surface area contributed by atoms with E-state index in [4.69, 9.17) is 21.4 Å². The number of aromatic amines is 1. The molecule has 3 aromatic rings. The number of nitrogens with one attached hydrogen (secondary N) is 3. The van der Waals surface area contributed by atoms with Crippen LogP contribution in [-0.4, -0.2) is 38.6 Å². The molecule has 36 heavy (non-hydrogen) atoms. The van der Waals surface area contributed by atoms with Crippen molar-refractivity contribution in [1.82, 2.24) is 15.3 Å². The fourth-order valence-electron chi connectivity index (χ4n) is 3.34. The average molecular weight is 513 g/mol. The Labute approximate surface area is 214 Å². The zero-order valence-electron chi connectivity index (χ0n) is 20.5. The van der Waals surface area contributed by atoms with Crippen molar-refractivity contribution in [3.05, 3.63) is 71.1 Å². The molecule has 0 saturated heterocycles. The number of alkyl carbamates (subject to hydrolysis) is 1. The quantitative estimate of drug-likeness (QED) is 0.307. The van der Waals surface area contributed by atoms with Crippen LogP contribution in [-0.2, 0) is 20.7 Å². The third-order valence-corrected chi connectivity index (χ3v) is 5.46. The summed E-state index contributed by atoms with van der Waals surface area (Å²) in [5.74, 6) is -2.41. The standard InChI is InChI=1S/C26H29ClN4O5/c1-15(24(33)34)23(32)28-18-12-10-17(11-13-18)21-22(27)31-20(30-21)14-19(16-8-6-5-7-9-16)29-25(35)36-26(2,3)4/h5-13,15,19H,14H2,1-4H3,(H,28,32)(H,29,35)(H,30,31)(H,33,34). The van der Waals surface area contributed by atoms with E-state index in [1.807, 2.05) is 30.3 Å². The van der Waals surface area contributed by atoms with Gasteiger partial charge in [0.2, 0.25) is 5.91 Å². The Kier molecular flexibility index (Phi) is 8.37. The molecular weight excluding hydrogens is 484 g/mol. The van der Waals surface area contributed by atoms with Crippen LogP contribution in [0.15, 0.2) is 54.6 Å². The lowest BCUT2D eigenvalue weighted by Crippen LogP contribution is -2.35. The predicted octanol–water partition coefficient (Wildman–Crippen LogP) is 5.20. The van der Waals surface area contributed by atoms with Crippen molar-refractivity contribution in [1.29, 1.82) is 0 Å². The highest BCUT2D eigenvalue weighted by Crippen LogP contribution is 2.28. The van der Waals surface area contributed by atoms with Gasteiger partial charge < -0.3 is 25.5 Å². The zero-order chi connectivity index (χ0) is 26.5. The summed E-state index contributed by atoms with van der Waals surface area (Å²) in [4.78, 5) is 43.1. The monoisotopic (exact) mass is 512 g/mol. The number of halogens is 1. The molecule has 0 bridgehead atoms. The molecule has 0 aliphatic heterocycles. The number of H-pyrrole nitrogens is 1. The first kappa shape index (κ1) is 26.7. The van der Waals surface area contributed by atoms with Crippen molar-refractivity contribution in [2.75, 3.05) is 5.32 Å². The molecule has 2 aromatic carbocycles. The van der Waals surface area contributed by atoms with Crippen molar-refractivity contribution < 1.29 is 24.2 Å². The first-order valence-corrected chi connectivity index (χ1v) is 11.7. The highest BCUT2D eigenvalue weighted by atomic mass is 35.5. The van der Waals surface area contributed by atoms with E-state index < -0.39 is 35.5 Å². The third-order valence-electron chi connectivity index (χ3n) is 5.19. The number of amides is 2. The molecule has 9 nitrogen and oxygen atoms in total. The van der Waals surface area contributed by atoms with E-state index in [0.29, 0.717) is 34.3 Å². The van der Waals surface area contributed by atoms with Crippen molar-refractivity contribution in [3.8, 4) is 11.3 Å². The number of anilines is 1. The number of aromatic nitrogens is 2. The molecule has 0 radical (unpaired) electrons. The minimum atomic E-state index is -1.20. The molecule has 0 saturated carbocycles. The first-order valence-electron chi connectivity index (χ1n) is 11.4. The van der Waals surface area contributed by atoms with Crippen LogP contribution in [0, 0.1) is 5.92 Å². The number of imidazole rings is 1. The molecule has 0 aliphatic carbocycles. The van der Waals surface area contributed by atoms with Crippen molar-refractivity contribution in [3.63, 3.8) is 0 Å². The van der Waals surface area contributed by atoms with E-state index in [0.717, 1.165) is 5.56 Å². The van der Waals surface area contributed by atoms with Gasteiger partial charge in [0.05, 0.1) is 6.04 Å². The van der Waals surface area contributed by atoms with E-state index in [2.05, 4.69) is 20.6 Å². The number of hydrogen-bond donors (Lipinski definition) is 4. The second-order valence-corrected chi connectivity index (χ2v) is 9.66. The van der Waals surface area contributed by atoms with Gasteiger partial charge in [-0.3, -0.25) is 9.59 Å². The Morgan fingerprint density at radius 3 is 2.31 bits per heavy atom. The van der Waals surface area contributed by atoms with Crippen LogP contribution in [0.5, 0.6) is 0 Å². The Morgan fingerprint density at radius 2 is 1.72 bits per heavy atom. The number of carboxylic acids is 1. The lowest BCUT2D eigenvalue weighted by Gasteiger charge is -2.23. The van der Waals surface area contributed by atoms with E-state index in [-0.39, 0.29) is 0 Å². The minimum absolute atomic E-state index is 0.324. The van der Waals surface area contributed by atoms with Gasteiger partial charge in [0, 0.05) is 17.7 Å². The first-order chi connectivity index (χ1) is 16.9. The van der Waals surface area contributed by atoms with Crippen LogP contribution in [0.2, 0.25) is 5.15 Å². The number of aliphatic carboxylic acids is 1. The number of carbonyl (C=O) groups is 3. The third kappa shape index (κ3) is 7.32. The topological polar surface area (TPSA) is 133 Å². The van der Waals surface area contributed by atoms with Gasteiger partial charge in [-0.05, 0) is 45.4 Å². The van der Waals surface area contributed by atoms with E-state index in [9.17, 15) is 14.4 Å². The molecular formula is C26H29ClN4O5. The molecule has 3 rings (SSSR count). The van der Waals surface area contributed by atoms with Crippen molar-refractivity contribution in [2.45, 2.75) is 45.8 Å². The number of benzene rings is 2. The number of nitrogens with zero attached hydrogens (tertiary/aromatic N) is 1. The van der Waals surface area contributed by atoms with Gasteiger partial charge in [-0.1, -0.05) is 54.1 Å². The summed E-state index contributed by atoms with van der Waals surface area (Å²) in [7, 11) is 0. The molecule has 4 N–H and O–H groups in total. The minimum Gasteiger partial charge on any atom is -0.481 e. The van der Waals surface area contributed by atoms with E-state index in [1.165, 1.54) is 6.92 Å². The number of carbonyl (C=O) groups excluding carboxylic acids is 2. The van der Waals surface area contributed by atoms with Crippen LogP contribution in [0.25, 0.3) is 11.3 Å². The van der Waals surface area contributed by atoms with Gasteiger partial charge in [-0.25, -0.2) is 9.78 Å². The van der Waals surface area contributed by atoms with E-state index >= 15 is 0 Å². The van der Waals surface area contributed by atoms with E-state index in [1.54, 1.807) is 45.0 Å². The largest absolute Gasteiger partial charge is 0.481 e. The lowest BCUT2D eigenvalue weighted by atomic mass is 10.0. The van der Waals surface area contributed by atoms with Gasteiger partial charge in [-0.15, -0.1) is 0 Å². The van der Waals surface area contributed by atoms with Crippen LogP contribution in [0.3, 0.4) is 0 Å². The highest BCUT2D eigenvalue weighted by molar-refractivity contribution is 6.31. The van der Waals surface area contributed by atoms with Gasteiger partial charge in [0.15, 0.2) is 0 Å². The molecule has 0 aliphatic rings. The number of rotatable bonds is 8. The lowest BCUT2D eigenvalue weighted by molar-refractivity contribution is -0.144. The Balaban J connectivity index is 1.77. The van der Waals surface area contributed by atoms with Gasteiger partial charge in [0.25, 0.3) is 0 Å². The van der Waals surface area contributed by atoms with Crippen LogP contribution >= 0.6 is 11.6 Å². The second kappa shape index (κ2) is 11.3. The molecule has 1 aromatic heterocycles. The maximum Gasteiger partial charge on any atom is 0.408 e. The molecule has 0 spiro atoms. The maximum atomic E-state index is 12.5. The summed E-state index contributed by atoms with van der Waals surface area (Å²) in [5, 5.41) is 14.8. The van der Waals surface area contributed by atoms with Crippen molar-refractivity contribution >= 4 is 35.3 Å². The van der Waals surface area contributed by atoms with Crippen LogP contribution < -0.4 is 10.6 Å². The Bertz CT molecular complexity index is 1220. The average Bonchev–Trinajstić information content (AvgIpc) is 3.17. The zero-order valence-corrected chi connectivity index (χ0v) is 21.2. The summed E-state index contributed by atoms with van der Waals surface area (Å²) in [6.07, 6.45) is -0.200. The smallest absolute Gasteiger partial charge is 0.408 e. The number of hydrogen-bond acceptors (Lipinski definition) is 5. The summed E-state index contributed by atoms with van der Waals surface area (Å²) in [5.41, 5.74) is 1.90.